The van der Waals surface area contributed by atoms with Gasteiger partial charge in [0.15, 0.2) is 0 Å². The third kappa shape index (κ3) is 4.06. The molecule has 98 valence electrons. The van der Waals surface area contributed by atoms with Crippen LogP contribution in [0.25, 0.3) is 0 Å². The van der Waals surface area contributed by atoms with Crippen LogP contribution in [0.4, 0.5) is 0 Å². The third-order valence-corrected chi connectivity index (χ3v) is 2.64. The zero-order valence-corrected chi connectivity index (χ0v) is 10.2. The predicted molar refractivity (Wildman–Crippen MR) is 66.5 cm³/mol. The molecule has 0 aliphatic carbocycles. The van der Waals surface area contributed by atoms with E-state index in [9.17, 15) is 14.7 Å². The van der Waals surface area contributed by atoms with Gasteiger partial charge in [-0.15, -0.1) is 0 Å². The lowest BCUT2D eigenvalue weighted by Crippen LogP contribution is -2.41. The number of phenols is 1. The van der Waals surface area contributed by atoms with Crippen LogP contribution in [-0.4, -0.2) is 34.9 Å². The van der Waals surface area contributed by atoms with Crippen LogP contribution in [0.3, 0.4) is 0 Å². The quantitative estimate of drug-likeness (QED) is 0.646. The summed E-state index contributed by atoms with van der Waals surface area (Å²) >= 11 is 0. The van der Waals surface area contributed by atoms with Crippen molar-refractivity contribution in [3.05, 3.63) is 29.8 Å². The summed E-state index contributed by atoms with van der Waals surface area (Å²) in [7, 11) is 0. The van der Waals surface area contributed by atoms with E-state index < -0.39 is 11.8 Å². The number of carbonyl (C=O) groups excluding carboxylic acids is 2. The second kappa shape index (κ2) is 6.02. The molecule has 0 heterocycles. The van der Waals surface area contributed by atoms with Crippen molar-refractivity contribution in [2.24, 2.45) is 11.5 Å². The van der Waals surface area contributed by atoms with Crippen molar-refractivity contribution in [1.82, 2.24) is 4.90 Å². The van der Waals surface area contributed by atoms with Crippen molar-refractivity contribution < 1.29 is 14.7 Å². The zero-order chi connectivity index (χ0) is 13.7. The van der Waals surface area contributed by atoms with Crippen molar-refractivity contribution in [3.63, 3.8) is 0 Å². The summed E-state index contributed by atoms with van der Waals surface area (Å²) in [5.74, 6) is -0.897. The molecule has 0 radical (unpaired) electrons. The van der Waals surface area contributed by atoms with Crippen LogP contribution in [0.5, 0.6) is 5.75 Å². The van der Waals surface area contributed by atoms with Gasteiger partial charge in [0.2, 0.25) is 11.8 Å². The number of phenolic OH excluding ortho intramolecular Hbond substituents is 1. The lowest BCUT2D eigenvalue weighted by atomic mass is 10.1. The molecule has 2 amide bonds. The summed E-state index contributed by atoms with van der Waals surface area (Å²) in [6.45, 7) is 1.73. The highest BCUT2D eigenvalue weighted by Gasteiger charge is 2.19. The molecule has 0 spiro atoms. The van der Waals surface area contributed by atoms with Crippen molar-refractivity contribution in [2.75, 3.05) is 13.1 Å². The van der Waals surface area contributed by atoms with E-state index in [4.69, 9.17) is 11.5 Å². The van der Waals surface area contributed by atoms with Gasteiger partial charge < -0.3 is 16.6 Å². The second-order valence-electron chi connectivity index (χ2n) is 4.11. The van der Waals surface area contributed by atoms with Gasteiger partial charge in [0.1, 0.15) is 5.75 Å². The molecule has 0 aliphatic heterocycles. The number of hydrogen-bond donors (Lipinski definition) is 3. The molecule has 1 aromatic rings. The Labute approximate surface area is 105 Å². The first-order valence-electron chi connectivity index (χ1n) is 5.49. The van der Waals surface area contributed by atoms with Gasteiger partial charge >= 0.3 is 0 Å². The minimum Gasteiger partial charge on any atom is -0.508 e. The Hall–Kier alpha value is -2.08. The number of primary amides is 2. The molecule has 0 saturated heterocycles. The van der Waals surface area contributed by atoms with E-state index >= 15 is 0 Å². The van der Waals surface area contributed by atoms with Gasteiger partial charge in [-0.2, -0.15) is 0 Å². The Balaban J connectivity index is 2.86. The fourth-order valence-electron chi connectivity index (χ4n) is 1.69. The standard InChI is InChI=1S/C12H17N3O3/c1-8(9-2-4-10(16)5-3-9)15(6-11(13)17)7-12(14)18/h2-5,8,16H,6-7H2,1H3,(H2,13,17)(H2,14,18). The van der Waals surface area contributed by atoms with Gasteiger partial charge in [0.05, 0.1) is 13.1 Å². The molecule has 0 saturated carbocycles. The average molecular weight is 251 g/mol. The van der Waals surface area contributed by atoms with Gasteiger partial charge in [-0.25, -0.2) is 0 Å². The molecule has 1 atom stereocenters. The number of amides is 2. The topological polar surface area (TPSA) is 110 Å². The van der Waals surface area contributed by atoms with E-state index in [1.165, 1.54) is 0 Å². The minimum atomic E-state index is -0.526. The highest BCUT2D eigenvalue weighted by molar-refractivity contribution is 5.79. The van der Waals surface area contributed by atoms with Gasteiger partial charge in [-0.3, -0.25) is 14.5 Å². The third-order valence-electron chi connectivity index (χ3n) is 2.64. The van der Waals surface area contributed by atoms with E-state index in [1.54, 1.807) is 29.2 Å². The summed E-state index contributed by atoms with van der Waals surface area (Å²) in [5.41, 5.74) is 11.1. The maximum absolute atomic E-state index is 11.0. The van der Waals surface area contributed by atoms with E-state index in [0.29, 0.717) is 0 Å². The summed E-state index contributed by atoms with van der Waals surface area (Å²) in [5, 5.41) is 9.21. The summed E-state index contributed by atoms with van der Waals surface area (Å²) in [6, 6.07) is 6.31. The van der Waals surface area contributed by atoms with Gasteiger partial charge in [-0.05, 0) is 24.6 Å². The lowest BCUT2D eigenvalue weighted by molar-refractivity contribution is -0.122. The zero-order valence-electron chi connectivity index (χ0n) is 10.2. The fraction of sp³-hybridized carbons (Fsp3) is 0.333. The minimum absolute atomic E-state index is 0.0506. The number of hydrogen-bond acceptors (Lipinski definition) is 4. The average Bonchev–Trinajstić information content (AvgIpc) is 2.27. The Morgan fingerprint density at radius 1 is 1.17 bits per heavy atom. The molecule has 0 bridgehead atoms. The monoisotopic (exact) mass is 251 g/mol. The Bertz CT molecular complexity index is 415. The molecule has 0 aromatic heterocycles. The SMILES string of the molecule is CC(c1ccc(O)cc1)N(CC(N)=O)CC(N)=O. The van der Waals surface area contributed by atoms with Crippen molar-refractivity contribution >= 4 is 11.8 Å². The first-order chi connectivity index (χ1) is 8.40. The first kappa shape index (κ1) is 14.0. The maximum Gasteiger partial charge on any atom is 0.231 e. The first-order valence-corrected chi connectivity index (χ1v) is 5.49. The number of nitrogens with zero attached hydrogens (tertiary/aromatic N) is 1. The van der Waals surface area contributed by atoms with Crippen LogP contribution in [0.15, 0.2) is 24.3 Å². The summed E-state index contributed by atoms with van der Waals surface area (Å²) in [4.78, 5) is 23.5. The van der Waals surface area contributed by atoms with Crippen LogP contribution in [0.1, 0.15) is 18.5 Å². The van der Waals surface area contributed by atoms with Crippen LogP contribution in [0.2, 0.25) is 0 Å². The Kier molecular flexibility index (Phi) is 4.67. The Morgan fingerprint density at radius 2 is 1.61 bits per heavy atom. The molecule has 1 unspecified atom stereocenters. The summed E-state index contributed by atoms with van der Waals surface area (Å²) < 4.78 is 0. The number of aromatic hydroxyl groups is 1. The van der Waals surface area contributed by atoms with E-state index in [1.807, 2.05) is 6.92 Å². The molecule has 0 fully saturated rings. The number of benzene rings is 1. The van der Waals surface area contributed by atoms with Crippen LogP contribution >= 0.6 is 0 Å². The molecule has 0 aliphatic rings. The largest absolute Gasteiger partial charge is 0.508 e. The molecule has 1 rings (SSSR count). The number of nitrogens with two attached hydrogens (primary N) is 2. The van der Waals surface area contributed by atoms with E-state index in [-0.39, 0.29) is 24.9 Å². The predicted octanol–water partition coefficient (Wildman–Crippen LogP) is -0.274. The van der Waals surface area contributed by atoms with E-state index in [2.05, 4.69) is 0 Å². The van der Waals surface area contributed by atoms with Crippen molar-refractivity contribution in [1.29, 1.82) is 0 Å². The van der Waals surface area contributed by atoms with Crippen molar-refractivity contribution in [3.8, 4) is 5.75 Å². The highest BCUT2D eigenvalue weighted by Crippen LogP contribution is 2.21. The molecule has 6 nitrogen and oxygen atoms in total. The van der Waals surface area contributed by atoms with Gasteiger partial charge in [0, 0.05) is 6.04 Å². The molecular formula is C12H17N3O3. The smallest absolute Gasteiger partial charge is 0.231 e. The van der Waals surface area contributed by atoms with Crippen LogP contribution in [-0.2, 0) is 9.59 Å². The van der Waals surface area contributed by atoms with E-state index in [0.717, 1.165) is 5.56 Å². The number of rotatable bonds is 6. The Morgan fingerprint density at radius 3 is 2.00 bits per heavy atom. The molecule has 18 heavy (non-hydrogen) atoms. The molecule has 1 aromatic carbocycles. The second-order valence-corrected chi connectivity index (χ2v) is 4.11. The summed E-state index contributed by atoms with van der Waals surface area (Å²) in [6.07, 6.45) is 0. The maximum atomic E-state index is 11.0. The lowest BCUT2D eigenvalue weighted by Gasteiger charge is -2.26. The van der Waals surface area contributed by atoms with Crippen molar-refractivity contribution in [2.45, 2.75) is 13.0 Å². The van der Waals surface area contributed by atoms with Crippen LogP contribution < -0.4 is 11.5 Å². The fourth-order valence-corrected chi connectivity index (χ4v) is 1.69. The van der Waals surface area contributed by atoms with Crippen LogP contribution in [0, 0.1) is 0 Å². The molecule has 6 heteroatoms. The number of carbonyl (C=O) groups is 2. The molecule has 5 N–H and O–H groups in total. The molecular weight excluding hydrogens is 234 g/mol. The highest BCUT2D eigenvalue weighted by atomic mass is 16.3. The normalized spacial score (nSPS) is 12.3. The van der Waals surface area contributed by atoms with Gasteiger partial charge in [0.25, 0.3) is 0 Å². The van der Waals surface area contributed by atoms with Gasteiger partial charge in [-0.1, -0.05) is 12.1 Å².